The van der Waals surface area contributed by atoms with E-state index >= 15 is 0 Å². The van der Waals surface area contributed by atoms with Gasteiger partial charge in [0.25, 0.3) is 10.0 Å². The summed E-state index contributed by atoms with van der Waals surface area (Å²) in [6.45, 7) is 0.0143. The van der Waals surface area contributed by atoms with E-state index in [1.165, 1.54) is 6.07 Å². The molecule has 204 valence electrons. The number of rotatable bonds is 2. The Morgan fingerprint density at radius 1 is 0.892 bits per heavy atom. The number of hydrogen-bond acceptors (Lipinski definition) is 10. The molecule has 2 aromatic carbocycles. The summed E-state index contributed by atoms with van der Waals surface area (Å²) in [4.78, 5) is -2.65. The second-order valence-electron chi connectivity index (χ2n) is 7.07. The number of primary sulfonamides is 2. The molecular weight excluding hydrogens is 613 g/mol. The molecule has 14 nitrogen and oxygen atoms in total. The molecule has 0 amide bonds. The van der Waals surface area contributed by atoms with Crippen LogP contribution in [0.1, 0.15) is 5.56 Å². The molecule has 2 aliphatic rings. The molecule has 0 bridgehead atoms. The molecule has 0 saturated carbocycles. The molecule has 0 aromatic heterocycles. The SMILES string of the molecule is NS(=O)(=O)c1cc2c(cc1C(F)(F)F)NC=NS2(=O)=O.NS(=O)(=O)c1cc2c(cc1Cl)NCNS2(=O)=O. The van der Waals surface area contributed by atoms with Gasteiger partial charge < -0.3 is 10.6 Å². The van der Waals surface area contributed by atoms with Crippen molar-refractivity contribution in [1.29, 1.82) is 0 Å². The lowest BCUT2D eigenvalue weighted by Gasteiger charge is -2.20. The lowest BCUT2D eigenvalue weighted by molar-refractivity contribution is -0.139. The molecule has 37 heavy (non-hydrogen) atoms. The Hall–Kier alpha value is -2.53. The van der Waals surface area contributed by atoms with Gasteiger partial charge in [-0.3, -0.25) is 0 Å². The van der Waals surface area contributed by atoms with Gasteiger partial charge >= 0.3 is 6.18 Å². The van der Waals surface area contributed by atoms with E-state index in [9.17, 15) is 46.8 Å². The summed E-state index contributed by atoms with van der Waals surface area (Å²) >= 11 is 5.72. The summed E-state index contributed by atoms with van der Waals surface area (Å²) in [6, 6.07) is 2.85. The minimum absolute atomic E-state index is 0.0143. The maximum Gasteiger partial charge on any atom is 0.417 e. The summed E-state index contributed by atoms with van der Waals surface area (Å²) in [5.41, 5.74) is -1.75. The maximum atomic E-state index is 12.8. The number of sulfonamides is 4. The topological polar surface area (TPSA) is 237 Å². The second-order valence-corrected chi connectivity index (χ2v) is 13.9. The van der Waals surface area contributed by atoms with E-state index in [0.717, 1.165) is 6.07 Å². The van der Waals surface area contributed by atoms with Gasteiger partial charge in [0.05, 0.1) is 33.5 Å². The zero-order chi connectivity index (χ0) is 28.2. The maximum absolute atomic E-state index is 12.8. The van der Waals surface area contributed by atoms with Crippen LogP contribution in [0.25, 0.3) is 0 Å². The van der Waals surface area contributed by atoms with Gasteiger partial charge in [0.2, 0.25) is 30.1 Å². The predicted octanol–water partition coefficient (Wildman–Crippen LogP) is 0.144. The molecule has 2 heterocycles. The zero-order valence-electron chi connectivity index (χ0n) is 17.6. The number of benzene rings is 2. The lowest BCUT2D eigenvalue weighted by Crippen LogP contribution is -2.34. The fourth-order valence-electron chi connectivity index (χ4n) is 2.98. The Balaban J connectivity index is 0.000000208. The van der Waals surface area contributed by atoms with E-state index in [1.807, 2.05) is 0 Å². The minimum Gasteiger partial charge on any atom is -0.370 e. The molecule has 22 heteroatoms. The second kappa shape index (κ2) is 9.34. The molecule has 0 aliphatic carbocycles. The number of halogens is 4. The van der Waals surface area contributed by atoms with Crippen molar-refractivity contribution in [2.45, 2.75) is 25.8 Å². The van der Waals surface area contributed by atoms with Crippen LogP contribution in [0.3, 0.4) is 0 Å². The highest BCUT2D eigenvalue weighted by Gasteiger charge is 2.39. The van der Waals surface area contributed by atoms with Crippen molar-refractivity contribution >= 4 is 69.4 Å². The van der Waals surface area contributed by atoms with Crippen LogP contribution in [-0.4, -0.2) is 46.7 Å². The van der Waals surface area contributed by atoms with Gasteiger partial charge in [-0.1, -0.05) is 11.6 Å². The van der Waals surface area contributed by atoms with Gasteiger partial charge in [0.1, 0.15) is 21.0 Å². The molecule has 0 atom stereocenters. The number of nitrogens with two attached hydrogens (primary N) is 2. The molecule has 7 N–H and O–H groups in total. The van der Waals surface area contributed by atoms with Gasteiger partial charge in [-0.2, -0.15) is 26.3 Å². The van der Waals surface area contributed by atoms with E-state index in [0.29, 0.717) is 18.5 Å². The largest absolute Gasteiger partial charge is 0.417 e. The van der Waals surface area contributed by atoms with Crippen molar-refractivity contribution in [3.05, 3.63) is 34.9 Å². The van der Waals surface area contributed by atoms with E-state index in [1.54, 1.807) is 0 Å². The number of fused-ring (bicyclic) bond motifs is 2. The molecule has 0 fully saturated rings. The van der Waals surface area contributed by atoms with Crippen LogP contribution >= 0.6 is 11.6 Å². The number of alkyl halides is 3. The fraction of sp³-hybridized carbons (Fsp3) is 0.133. The average molecular weight is 627 g/mol. The smallest absolute Gasteiger partial charge is 0.370 e. The highest BCUT2D eigenvalue weighted by Crippen LogP contribution is 2.39. The van der Waals surface area contributed by atoms with Crippen LogP contribution in [-0.2, 0) is 46.3 Å². The Kier molecular flexibility index (Phi) is 7.33. The van der Waals surface area contributed by atoms with Crippen LogP contribution < -0.4 is 25.6 Å². The highest BCUT2D eigenvalue weighted by atomic mass is 35.5. The fourth-order valence-corrected chi connectivity index (χ4v) is 7.07. The van der Waals surface area contributed by atoms with Gasteiger partial charge in [-0.25, -0.2) is 35.5 Å². The molecule has 0 radical (unpaired) electrons. The summed E-state index contributed by atoms with van der Waals surface area (Å²) in [5.74, 6) is 0. The third kappa shape index (κ3) is 6.14. The van der Waals surface area contributed by atoms with E-state index in [-0.39, 0.29) is 22.3 Å². The van der Waals surface area contributed by atoms with Crippen LogP contribution in [0.2, 0.25) is 5.02 Å². The van der Waals surface area contributed by atoms with E-state index < -0.39 is 72.2 Å². The average Bonchev–Trinajstić information content (AvgIpc) is 2.70. The first-order chi connectivity index (χ1) is 16.6. The summed E-state index contributed by atoms with van der Waals surface area (Å²) < 4.78 is 135. The minimum atomic E-state index is -5.02. The van der Waals surface area contributed by atoms with Crippen molar-refractivity contribution in [2.24, 2.45) is 14.7 Å². The molecule has 0 spiro atoms. The van der Waals surface area contributed by atoms with E-state index in [4.69, 9.17) is 21.9 Å². The Morgan fingerprint density at radius 2 is 1.46 bits per heavy atom. The summed E-state index contributed by atoms with van der Waals surface area (Å²) in [6.07, 6.45) is -4.33. The first kappa shape index (κ1) is 29.0. The van der Waals surface area contributed by atoms with Crippen LogP contribution in [0.15, 0.2) is 48.2 Å². The Labute approximate surface area is 213 Å². The Bertz CT molecular complexity index is 1760. The van der Waals surface area contributed by atoms with Gasteiger partial charge in [-0.15, -0.1) is 4.40 Å². The first-order valence-electron chi connectivity index (χ1n) is 9.08. The summed E-state index contributed by atoms with van der Waals surface area (Å²) in [5, 5.41) is 14.4. The third-order valence-electron chi connectivity index (χ3n) is 4.55. The quantitative estimate of drug-likeness (QED) is 0.302. The predicted molar refractivity (Wildman–Crippen MR) is 124 cm³/mol. The number of nitrogens with one attached hydrogen (secondary N) is 3. The molecule has 2 aliphatic heterocycles. The van der Waals surface area contributed by atoms with Crippen molar-refractivity contribution in [3.8, 4) is 0 Å². The van der Waals surface area contributed by atoms with Crippen LogP contribution in [0.5, 0.6) is 0 Å². The zero-order valence-corrected chi connectivity index (χ0v) is 21.6. The van der Waals surface area contributed by atoms with Crippen LogP contribution in [0.4, 0.5) is 24.5 Å². The third-order valence-corrected chi connectivity index (χ3v) is 9.60. The van der Waals surface area contributed by atoms with Crippen LogP contribution in [0, 0.1) is 0 Å². The molecule has 4 rings (SSSR count). The molecule has 0 unspecified atom stereocenters. The monoisotopic (exact) mass is 626 g/mol. The Morgan fingerprint density at radius 3 is 2.00 bits per heavy atom. The lowest BCUT2D eigenvalue weighted by atomic mass is 10.2. The molecular formula is C15H14ClF3N6O8S4. The normalized spacial score (nSPS) is 17.8. The van der Waals surface area contributed by atoms with E-state index in [2.05, 4.69) is 19.8 Å². The highest BCUT2D eigenvalue weighted by molar-refractivity contribution is 7.91. The summed E-state index contributed by atoms with van der Waals surface area (Å²) in [7, 11) is -16.8. The molecule has 2 aromatic rings. The number of hydrogen-bond donors (Lipinski definition) is 5. The van der Waals surface area contributed by atoms with Crippen molar-refractivity contribution in [1.82, 2.24) is 4.72 Å². The standard InChI is InChI=1S/C8H6F3N3O4S2.C7H8ClN3O4S2/c9-8(10,11)4-1-5-7(2-6(4)19(12,15)16)20(17,18)14-3-13-5;8-4-1-5-7(2-6(4)16(9,12)13)17(14,15)11-3-10-5/h1-3H,(H,13,14)(H2,12,15,16);1-2,10-11H,3H2,(H2,9,12,13). The van der Waals surface area contributed by atoms with Gasteiger partial charge in [-0.05, 0) is 24.3 Å². The van der Waals surface area contributed by atoms with Crippen molar-refractivity contribution < 1.29 is 46.8 Å². The molecule has 0 saturated heterocycles. The van der Waals surface area contributed by atoms with Crippen molar-refractivity contribution in [3.63, 3.8) is 0 Å². The van der Waals surface area contributed by atoms with Crippen molar-refractivity contribution in [2.75, 3.05) is 17.3 Å². The first-order valence-corrected chi connectivity index (χ1v) is 15.5. The van der Waals surface area contributed by atoms with Gasteiger partial charge in [0.15, 0.2) is 0 Å². The number of anilines is 2. The number of nitrogens with zero attached hydrogens (tertiary/aromatic N) is 1. The van der Waals surface area contributed by atoms with Gasteiger partial charge in [0, 0.05) is 0 Å².